The lowest BCUT2D eigenvalue weighted by Crippen LogP contribution is -2.28. The molecule has 0 radical (unpaired) electrons. The second-order valence-electron chi connectivity index (χ2n) is 2.13. The fraction of sp³-hybridized carbons (Fsp3) is 0.556. The molecule has 0 aromatic carbocycles. The van der Waals surface area contributed by atoms with Crippen LogP contribution in [-0.4, -0.2) is 20.0 Å². The maximum atomic E-state index is 5.17. The van der Waals surface area contributed by atoms with Gasteiger partial charge < -0.3 is 9.47 Å². The number of hydrogen-bond donors (Lipinski definition) is 0. The highest BCUT2D eigenvalue weighted by Crippen LogP contribution is 2.14. The highest BCUT2D eigenvalue weighted by atomic mass is 16.7. The Hall–Kier alpha value is -0.600. The lowest BCUT2D eigenvalue weighted by atomic mass is 10.2. The van der Waals surface area contributed by atoms with Gasteiger partial charge in [0.25, 0.3) is 0 Å². The molecule has 0 atom stereocenters. The first-order chi connectivity index (χ1) is 5.24. The van der Waals surface area contributed by atoms with Crippen molar-refractivity contribution >= 4 is 0 Å². The Bertz CT molecular complexity index is 130. The number of methoxy groups -OCH3 is 2. The molecule has 0 aromatic heterocycles. The summed E-state index contributed by atoms with van der Waals surface area (Å²) in [7, 11) is 3.23. The van der Waals surface area contributed by atoms with Crippen LogP contribution in [0.3, 0.4) is 0 Å². The first kappa shape index (κ1) is 10.4. The summed E-state index contributed by atoms with van der Waals surface area (Å²) in [6.07, 6.45) is 7.50. The summed E-state index contributed by atoms with van der Waals surface area (Å²) in [6.45, 7) is 3.85. The van der Waals surface area contributed by atoms with Crippen molar-refractivity contribution in [1.29, 1.82) is 0 Å². The molecule has 2 nitrogen and oxygen atoms in total. The van der Waals surface area contributed by atoms with E-state index in [1.807, 2.05) is 38.2 Å². The molecule has 0 fully saturated rings. The zero-order valence-corrected chi connectivity index (χ0v) is 7.63. The molecule has 0 aliphatic carbocycles. The zero-order valence-electron chi connectivity index (χ0n) is 7.63. The summed E-state index contributed by atoms with van der Waals surface area (Å²) in [5.74, 6) is -0.677. The van der Waals surface area contributed by atoms with Gasteiger partial charge in [-0.3, -0.25) is 0 Å². The van der Waals surface area contributed by atoms with Gasteiger partial charge in [-0.25, -0.2) is 0 Å². The van der Waals surface area contributed by atoms with E-state index in [1.165, 1.54) is 0 Å². The molecule has 0 aliphatic rings. The van der Waals surface area contributed by atoms with Crippen LogP contribution in [-0.2, 0) is 9.47 Å². The Morgan fingerprint density at radius 1 is 0.909 bits per heavy atom. The normalized spacial score (nSPS) is 13.5. The molecule has 0 saturated heterocycles. The monoisotopic (exact) mass is 156 g/mol. The molecular formula is C9H16O2. The van der Waals surface area contributed by atoms with E-state index >= 15 is 0 Å². The molecule has 2 heteroatoms. The third-order valence-corrected chi connectivity index (χ3v) is 1.44. The molecule has 0 saturated carbocycles. The molecule has 0 amide bonds. The van der Waals surface area contributed by atoms with Gasteiger partial charge in [0.2, 0.25) is 5.79 Å². The van der Waals surface area contributed by atoms with Crippen molar-refractivity contribution < 1.29 is 9.47 Å². The maximum Gasteiger partial charge on any atom is 0.207 e. The van der Waals surface area contributed by atoms with Crippen LogP contribution in [0.15, 0.2) is 24.3 Å². The van der Waals surface area contributed by atoms with E-state index in [0.29, 0.717) is 0 Å². The zero-order chi connectivity index (χ0) is 8.74. The number of ether oxygens (including phenoxy) is 2. The Morgan fingerprint density at radius 2 is 1.27 bits per heavy atom. The average Bonchev–Trinajstić information content (AvgIpc) is 2.04. The standard InChI is InChI=1S/C9H16O2/c1-5-7-9(10-3,11-4)8-6-2/h5-8H,1-4H3. The van der Waals surface area contributed by atoms with Gasteiger partial charge in [-0.2, -0.15) is 0 Å². The van der Waals surface area contributed by atoms with Crippen molar-refractivity contribution in [3.8, 4) is 0 Å². The summed E-state index contributed by atoms with van der Waals surface area (Å²) in [5, 5.41) is 0. The van der Waals surface area contributed by atoms with E-state index in [0.717, 1.165) is 0 Å². The third-order valence-electron chi connectivity index (χ3n) is 1.44. The van der Waals surface area contributed by atoms with Crippen molar-refractivity contribution in [3.63, 3.8) is 0 Å². The van der Waals surface area contributed by atoms with Gasteiger partial charge in [0.15, 0.2) is 0 Å². The van der Waals surface area contributed by atoms with Gasteiger partial charge in [0.1, 0.15) is 0 Å². The highest BCUT2D eigenvalue weighted by Gasteiger charge is 2.20. The Kier molecular flexibility index (Phi) is 4.83. The topological polar surface area (TPSA) is 18.5 Å². The van der Waals surface area contributed by atoms with Crippen molar-refractivity contribution in [2.45, 2.75) is 19.6 Å². The molecule has 0 spiro atoms. The minimum atomic E-state index is -0.677. The molecular weight excluding hydrogens is 140 g/mol. The minimum Gasteiger partial charge on any atom is -0.346 e. The molecule has 0 bridgehead atoms. The van der Waals surface area contributed by atoms with Crippen molar-refractivity contribution in [1.82, 2.24) is 0 Å². The van der Waals surface area contributed by atoms with Crippen molar-refractivity contribution in [3.05, 3.63) is 24.3 Å². The molecule has 0 rings (SSSR count). The summed E-state index contributed by atoms with van der Waals surface area (Å²) in [4.78, 5) is 0. The largest absolute Gasteiger partial charge is 0.346 e. The lowest BCUT2D eigenvalue weighted by Gasteiger charge is -2.23. The second kappa shape index (κ2) is 5.10. The number of hydrogen-bond acceptors (Lipinski definition) is 2. The van der Waals surface area contributed by atoms with Crippen LogP contribution in [0, 0.1) is 0 Å². The van der Waals surface area contributed by atoms with Crippen molar-refractivity contribution in [2.75, 3.05) is 14.2 Å². The molecule has 11 heavy (non-hydrogen) atoms. The molecule has 0 unspecified atom stereocenters. The van der Waals surface area contributed by atoms with E-state index in [9.17, 15) is 0 Å². The summed E-state index contributed by atoms with van der Waals surface area (Å²) >= 11 is 0. The van der Waals surface area contributed by atoms with E-state index in [2.05, 4.69) is 0 Å². The Labute approximate surface area is 68.5 Å². The van der Waals surface area contributed by atoms with Gasteiger partial charge in [-0.05, 0) is 26.0 Å². The quantitative estimate of drug-likeness (QED) is 0.458. The fourth-order valence-corrected chi connectivity index (χ4v) is 0.876. The molecule has 0 aliphatic heterocycles. The summed E-state index contributed by atoms with van der Waals surface area (Å²) < 4.78 is 10.3. The van der Waals surface area contributed by atoms with Gasteiger partial charge in [-0.15, -0.1) is 0 Å². The number of rotatable bonds is 4. The third kappa shape index (κ3) is 2.87. The maximum absolute atomic E-state index is 5.17. The fourth-order valence-electron chi connectivity index (χ4n) is 0.876. The van der Waals surface area contributed by atoms with Gasteiger partial charge in [0, 0.05) is 14.2 Å². The number of allylic oxidation sites excluding steroid dienone is 2. The molecule has 0 aromatic rings. The van der Waals surface area contributed by atoms with Gasteiger partial charge in [-0.1, -0.05) is 12.2 Å². The van der Waals surface area contributed by atoms with E-state index in [-0.39, 0.29) is 0 Å². The molecule has 64 valence electrons. The first-order valence-electron chi connectivity index (χ1n) is 3.62. The SMILES string of the molecule is CC=CC(C=CC)(OC)OC. The van der Waals surface area contributed by atoms with E-state index < -0.39 is 5.79 Å². The predicted molar refractivity (Wildman–Crippen MR) is 46.4 cm³/mol. The summed E-state index contributed by atoms with van der Waals surface area (Å²) in [5.41, 5.74) is 0. The lowest BCUT2D eigenvalue weighted by molar-refractivity contribution is -0.133. The van der Waals surface area contributed by atoms with Crippen LogP contribution >= 0.6 is 0 Å². The first-order valence-corrected chi connectivity index (χ1v) is 3.62. The van der Waals surface area contributed by atoms with Crippen LogP contribution in [0.5, 0.6) is 0 Å². The smallest absolute Gasteiger partial charge is 0.207 e. The summed E-state index contributed by atoms with van der Waals surface area (Å²) in [6, 6.07) is 0. The van der Waals surface area contributed by atoms with Gasteiger partial charge in [0.05, 0.1) is 0 Å². The van der Waals surface area contributed by atoms with Crippen LogP contribution in [0.25, 0.3) is 0 Å². The Morgan fingerprint density at radius 3 is 1.45 bits per heavy atom. The van der Waals surface area contributed by atoms with Gasteiger partial charge >= 0.3 is 0 Å². The van der Waals surface area contributed by atoms with E-state index in [4.69, 9.17) is 9.47 Å². The predicted octanol–water partition coefficient (Wildman–Crippen LogP) is 2.13. The molecule has 0 heterocycles. The van der Waals surface area contributed by atoms with Crippen LogP contribution in [0.1, 0.15) is 13.8 Å². The van der Waals surface area contributed by atoms with Crippen LogP contribution < -0.4 is 0 Å². The second-order valence-corrected chi connectivity index (χ2v) is 2.13. The highest BCUT2D eigenvalue weighted by molar-refractivity contribution is 5.07. The molecule has 0 N–H and O–H groups in total. The van der Waals surface area contributed by atoms with E-state index in [1.54, 1.807) is 14.2 Å². The Balaban J connectivity index is 4.45. The van der Waals surface area contributed by atoms with Crippen molar-refractivity contribution in [2.24, 2.45) is 0 Å². The minimum absolute atomic E-state index is 0.677. The average molecular weight is 156 g/mol. The van der Waals surface area contributed by atoms with Crippen LogP contribution in [0.4, 0.5) is 0 Å². The van der Waals surface area contributed by atoms with Crippen LogP contribution in [0.2, 0.25) is 0 Å².